The Balaban J connectivity index is 2.25. The fraction of sp³-hybridized carbons (Fsp3) is 0.538. The quantitative estimate of drug-likeness (QED) is 0.855. The Morgan fingerprint density at radius 1 is 1.31 bits per heavy atom. The molecule has 0 saturated carbocycles. The maximum atomic E-state index is 5.81. The first-order valence-corrected chi connectivity index (χ1v) is 7.09. The van der Waals surface area contributed by atoms with Crippen LogP contribution < -0.4 is 10.6 Å². The number of benzene rings is 1. The van der Waals surface area contributed by atoms with Crippen molar-refractivity contribution in [1.29, 1.82) is 0 Å². The molecule has 0 atom stereocenters. The number of rotatable bonds is 2. The second-order valence-electron chi connectivity index (χ2n) is 4.29. The van der Waals surface area contributed by atoms with Gasteiger partial charge in [0.2, 0.25) is 0 Å². The molecule has 1 aromatic carbocycles. The fourth-order valence-electron chi connectivity index (χ4n) is 2.13. The molecule has 1 aromatic rings. The highest BCUT2D eigenvalue weighted by Gasteiger charge is 2.13. The Kier molecular flexibility index (Phi) is 4.13. The summed E-state index contributed by atoms with van der Waals surface area (Å²) in [6.45, 7) is 5.11. The van der Waals surface area contributed by atoms with E-state index in [0.717, 1.165) is 6.54 Å². The van der Waals surface area contributed by atoms with Crippen LogP contribution in [0.15, 0.2) is 18.2 Å². The van der Waals surface area contributed by atoms with Crippen LogP contribution in [0.3, 0.4) is 0 Å². The third kappa shape index (κ3) is 2.71. The van der Waals surface area contributed by atoms with Gasteiger partial charge in [0.15, 0.2) is 0 Å². The summed E-state index contributed by atoms with van der Waals surface area (Å²) in [5.74, 6) is 2.53. The number of nitrogens with zero attached hydrogens (tertiary/aromatic N) is 1. The van der Waals surface area contributed by atoms with Crippen LogP contribution >= 0.6 is 11.8 Å². The summed E-state index contributed by atoms with van der Waals surface area (Å²) in [7, 11) is 0. The standard InChI is InChI=1S/C13H20N2S/c1-11-3-4-12(10-14)13(9-11)15-5-2-7-16-8-6-15/h3-4,9H,2,5-8,10,14H2,1H3. The van der Waals surface area contributed by atoms with Crippen LogP contribution in [0.2, 0.25) is 0 Å². The molecule has 2 rings (SSSR count). The van der Waals surface area contributed by atoms with Crippen molar-refractivity contribution >= 4 is 17.4 Å². The van der Waals surface area contributed by atoms with Gasteiger partial charge in [-0.3, -0.25) is 0 Å². The molecule has 0 aliphatic carbocycles. The van der Waals surface area contributed by atoms with E-state index in [2.05, 4.69) is 41.8 Å². The average Bonchev–Trinajstić information content (AvgIpc) is 2.57. The first-order chi connectivity index (χ1) is 7.81. The molecule has 3 heteroatoms. The minimum absolute atomic E-state index is 0.638. The van der Waals surface area contributed by atoms with Gasteiger partial charge in [0.05, 0.1) is 0 Å². The van der Waals surface area contributed by atoms with E-state index in [0.29, 0.717) is 6.54 Å². The smallest absolute Gasteiger partial charge is 0.0414 e. The van der Waals surface area contributed by atoms with Gasteiger partial charge in [-0.2, -0.15) is 11.8 Å². The van der Waals surface area contributed by atoms with Crippen molar-refractivity contribution < 1.29 is 0 Å². The zero-order chi connectivity index (χ0) is 11.4. The lowest BCUT2D eigenvalue weighted by Crippen LogP contribution is -2.27. The van der Waals surface area contributed by atoms with Gasteiger partial charge in [0.1, 0.15) is 0 Å². The van der Waals surface area contributed by atoms with E-state index in [1.54, 1.807) is 0 Å². The summed E-state index contributed by atoms with van der Waals surface area (Å²) in [6, 6.07) is 6.60. The van der Waals surface area contributed by atoms with Gasteiger partial charge in [-0.05, 0) is 36.3 Å². The molecule has 2 nitrogen and oxygen atoms in total. The number of anilines is 1. The van der Waals surface area contributed by atoms with Crippen molar-refractivity contribution in [2.24, 2.45) is 5.73 Å². The lowest BCUT2D eigenvalue weighted by molar-refractivity contribution is 0.807. The highest BCUT2D eigenvalue weighted by molar-refractivity contribution is 7.99. The van der Waals surface area contributed by atoms with E-state index in [1.165, 1.54) is 41.3 Å². The lowest BCUT2D eigenvalue weighted by Gasteiger charge is -2.25. The van der Waals surface area contributed by atoms with E-state index in [1.807, 2.05) is 0 Å². The van der Waals surface area contributed by atoms with Crippen molar-refractivity contribution in [3.63, 3.8) is 0 Å². The number of hydrogen-bond acceptors (Lipinski definition) is 3. The fourth-order valence-corrected chi connectivity index (χ4v) is 3.01. The van der Waals surface area contributed by atoms with E-state index in [9.17, 15) is 0 Å². The van der Waals surface area contributed by atoms with Gasteiger partial charge in [-0.25, -0.2) is 0 Å². The maximum Gasteiger partial charge on any atom is 0.0414 e. The Morgan fingerprint density at radius 3 is 3.00 bits per heavy atom. The molecule has 1 aliphatic heterocycles. The molecule has 1 fully saturated rings. The summed E-state index contributed by atoms with van der Waals surface area (Å²) in [6.07, 6.45) is 1.28. The van der Waals surface area contributed by atoms with Crippen LogP contribution in [0.5, 0.6) is 0 Å². The van der Waals surface area contributed by atoms with Gasteiger partial charge >= 0.3 is 0 Å². The average molecular weight is 236 g/mol. The van der Waals surface area contributed by atoms with Crippen LogP contribution in [0.1, 0.15) is 17.5 Å². The Morgan fingerprint density at radius 2 is 2.19 bits per heavy atom. The molecular weight excluding hydrogens is 216 g/mol. The van der Waals surface area contributed by atoms with Gasteiger partial charge in [0.25, 0.3) is 0 Å². The molecule has 0 unspecified atom stereocenters. The third-order valence-electron chi connectivity index (χ3n) is 3.02. The molecule has 1 aliphatic rings. The Bertz CT molecular complexity index is 344. The van der Waals surface area contributed by atoms with Crippen LogP contribution in [0.4, 0.5) is 5.69 Å². The molecule has 0 bridgehead atoms. The Labute approximate surface area is 102 Å². The summed E-state index contributed by atoms with van der Waals surface area (Å²) < 4.78 is 0. The van der Waals surface area contributed by atoms with Crippen molar-refractivity contribution in [3.8, 4) is 0 Å². The lowest BCUT2D eigenvalue weighted by atomic mass is 10.1. The predicted octanol–water partition coefficient (Wildman–Crippen LogP) is 2.40. The summed E-state index contributed by atoms with van der Waals surface area (Å²) in [5, 5.41) is 0. The number of nitrogens with two attached hydrogens (primary N) is 1. The second-order valence-corrected chi connectivity index (χ2v) is 5.51. The van der Waals surface area contributed by atoms with Crippen LogP contribution in [-0.4, -0.2) is 24.6 Å². The minimum Gasteiger partial charge on any atom is -0.370 e. The monoisotopic (exact) mass is 236 g/mol. The van der Waals surface area contributed by atoms with Crippen molar-refractivity contribution in [2.45, 2.75) is 19.9 Å². The van der Waals surface area contributed by atoms with E-state index in [-0.39, 0.29) is 0 Å². The molecule has 0 radical (unpaired) electrons. The number of aryl methyl sites for hydroxylation is 1. The van der Waals surface area contributed by atoms with E-state index >= 15 is 0 Å². The SMILES string of the molecule is Cc1ccc(CN)c(N2CCCSCC2)c1. The summed E-state index contributed by atoms with van der Waals surface area (Å²) in [5.41, 5.74) is 9.77. The molecule has 0 amide bonds. The third-order valence-corrected chi connectivity index (χ3v) is 4.07. The highest BCUT2D eigenvalue weighted by Crippen LogP contribution is 2.24. The molecular formula is C13H20N2S. The van der Waals surface area contributed by atoms with Crippen molar-refractivity contribution in [2.75, 3.05) is 29.5 Å². The molecule has 1 heterocycles. The number of thioether (sulfide) groups is 1. The van der Waals surface area contributed by atoms with Gasteiger partial charge < -0.3 is 10.6 Å². The van der Waals surface area contributed by atoms with E-state index < -0.39 is 0 Å². The van der Waals surface area contributed by atoms with Gasteiger partial charge in [-0.1, -0.05) is 12.1 Å². The van der Waals surface area contributed by atoms with Gasteiger partial charge in [-0.15, -0.1) is 0 Å². The zero-order valence-corrected chi connectivity index (χ0v) is 10.7. The molecule has 16 heavy (non-hydrogen) atoms. The largest absolute Gasteiger partial charge is 0.370 e. The minimum atomic E-state index is 0.638. The normalized spacial score (nSPS) is 17.2. The maximum absolute atomic E-state index is 5.81. The summed E-state index contributed by atoms with van der Waals surface area (Å²) >= 11 is 2.06. The molecule has 88 valence electrons. The van der Waals surface area contributed by atoms with E-state index in [4.69, 9.17) is 5.73 Å². The second kappa shape index (κ2) is 5.60. The van der Waals surface area contributed by atoms with Crippen LogP contribution in [0, 0.1) is 6.92 Å². The van der Waals surface area contributed by atoms with Gasteiger partial charge in [0, 0.05) is 31.1 Å². The first-order valence-electron chi connectivity index (χ1n) is 5.93. The van der Waals surface area contributed by atoms with Crippen LogP contribution in [-0.2, 0) is 6.54 Å². The molecule has 2 N–H and O–H groups in total. The zero-order valence-electron chi connectivity index (χ0n) is 9.91. The predicted molar refractivity (Wildman–Crippen MR) is 73.2 cm³/mol. The molecule has 0 spiro atoms. The first kappa shape index (κ1) is 11.8. The summed E-state index contributed by atoms with van der Waals surface area (Å²) in [4.78, 5) is 2.50. The highest BCUT2D eigenvalue weighted by atomic mass is 32.2. The molecule has 1 saturated heterocycles. The van der Waals surface area contributed by atoms with Crippen LogP contribution in [0.25, 0.3) is 0 Å². The topological polar surface area (TPSA) is 29.3 Å². The number of hydrogen-bond donors (Lipinski definition) is 1. The van der Waals surface area contributed by atoms with Crippen molar-refractivity contribution in [3.05, 3.63) is 29.3 Å². The molecule has 0 aromatic heterocycles. The van der Waals surface area contributed by atoms with Crippen molar-refractivity contribution in [1.82, 2.24) is 0 Å². The Hall–Kier alpha value is -0.670.